The molecule has 0 atom stereocenters. The Hall–Kier alpha value is -1.65. The average Bonchev–Trinajstić information content (AvgIpc) is 2.73. The Morgan fingerprint density at radius 3 is 2.72 bits per heavy atom. The lowest BCUT2D eigenvalue weighted by molar-refractivity contribution is 0.628. The Labute approximate surface area is 112 Å². The Kier molecular flexibility index (Phi) is 2.69. The van der Waals surface area contributed by atoms with Crippen LogP contribution in [0.4, 0.5) is 4.39 Å². The molecule has 90 valence electrons. The number of fused-ring (bicyclic) bond motifs is 1. The molecule has 0 aliphatic heterocycles. The van der Waals surface area contributed by atoms with E-state index in [4.69, 9.17) is 23.2 Å². The number of H-pyrrole nitrogens is 1. The van der Waals surface area contributed by atoms with Gasteiger partial charge >= 0.3 is 0 Å². The summed E-state index contributed by atoms with van der Waals surface area (Å²) in [5.41, 5.74) is 1.74. The van der Waals surface area contributed by atoms with Crippen molar-refractivity contribution in [3.8, 4) is 11.4 Å². The second kappa shape index (κ2) is 4.23. The van der Waals surface area contributed by atoms with Crippen LogP contribution in [0, 0.1) is 5.82 Å². The summed E-state index contributed by atoms with van der Waals surface area (Å²) in [4.78, 5) is 11.3. The molecule has 1 N–H and O–H groups in total. The van der Waals surface area contributed by atoms with Gasteiger partial charge in [0, 0.05) is 5.56 Å². The SMILES string of the molecule is Fc1cccc(-c2nc3nc(Cl)c(Cl)cc3[nH]2)c1. The normalized spacial score (nSPS) is 11.1. The first-order valence-electron chi connectivity index (χ1n) is 5.11. The van der Waals surface area contributed by atoms with Crippen molar-refractivity contribution < 1.29 is 4.39 Å². The molecule has 0 saturated heterocycles. The van der Waals surface area contributed by atoms with E-state index in [9.17, 15) is 4.39 Å². The van der Waals surface area contributed by atoms with Crippen LogP contribution in [0.15, 0.2) is 30.3 Å². The van der Waals surface area contributed by atoms with Gasteiger partial charge in [0.05, 0.1) is 10.5 Å². The van der Waals surface area contributed by atoms with E-state index in [0.29, 0.717) is 27.6 Å². The number of benzene rings is 1. The minimum absolute atomic E-state index is 0.196. The standard InChI is InChI=1S/C12H6Cl2FN3/c13-8-5-9-12(17-10(8)14)18-11(16-9)6-2-1-3-7(15)4-6/h1-5H,(H,16,17,18). The highest BCUT2D eigenvalue weighted by molar-refractivity contribution is 6.41. The summed E-state index contributed by atoms with van der Waals surface area (Å²) in [5.74, 6) is 0.201. The first-order chi connectivity index (χ1) is 8.63. The number of nitrogens with one attached hydrogen (secondary N) is 1. The number of nitrogens with zero attached hydrogens (tertiary/aromatic N) is 2. The van der Waals surface area contributed by atoms with Crippen molar-refractivity contribution in [3.63, 3.8) is 0 Å². The van der Waals surface area contributed by atoms with E-state index in [1.165, 1.54) is 12.1 Å². The zero-order valence-electron chi connectivity index (χ0n) is 8.92. The maximum atomic E-state index is 13.1. The van der Waals surface area contributed by atoms with Crippen LogP contribution in [0.1, 0.15) is 0 Å². The number of aromatic amines is 1. The van der Waals surface area contributed by atoms with Crippen LogP contribution in [0.5, 0.6) is 0 Å². The van der Waals surface area contributed by atoms with E-state index in [0.717, 1.165) is 0 Å². The number of aromatic nitrogens is 3. The van der Waals surface area contributed by atoms with Gasteiger partial charge in [-0.1, -0.05) is 35.3 Å². The van der Waals surface area contributed by atoms with Gasteiger partial charge in [0.1, 0.15) is 16.8 Å². The van der Waals surface area contributed by atoms with E-state index in [1.807, 2.05) is 0 Å². The fourth-order valence-corrected chi connectivity index (χ4v) is 1.95. The van der Waals surface area contributed by atoms with Crippen LogP contribution in [-0.4, -0.2) is 15.0 Å². The lowest BCUT2D eigenvalue weighted by atomic mass is 10.2. The summed E-state index contributed by atoms with van der Waals surface area (Å²) in [6.45, 7) is 0. The highest BCUT2D eigenvalue weighted by Gasteiger charge is 2.09. The summed E-state index contributed by atoms with van der Waals surface area (Å²) < 4.78 is 13.1. The van der Waals surface area contributed by atoms with Crippen molar-refractivity contribution in [3.05, 3.63) is 46.3 Å². The van der Waals surface area contributed by atoms with Gasteiger partial charge in [-0.2, -0.15) is 0 Å². The molecular weight excluding hydrogens is 276 g/mol. The van der Waals surface area contributed by atoms with Crippen molar-refractivity contribution in [2.24, 2.45) is 0 Å². The average molecular weight is 282 g/mol. The number of imidazole rings is 1. The van der Waals surface area contributed by atoms with Crippen molar-refractivity contribution in [2.45, 2.75) is 0 Å². The minimum atomic E-state index is -0.322. The molecule has 0 amide bonds. The summed E-state index contributed by atoms with van der Waals surface area (Å²) >= 11 is 11.7. The van der Waals surface area contributed by atoms with Gasteiger partial charge < -0.3 is 4.98 Å². The van der Waals surface area contributed by atoms with Gasteiger partial charge in [-0.25, -0.2) is 14.4 Å². The molecule has 3 rings (SSSR count). The minimum Gasteiger partial charge on any atom is -0.337 e. The summed E-state index contributed by atoms with van der Waals surface area (Å²) in [7, 11) is 0. The fourth-order valence-electron chi connectivity index (χ4n) is 1.67. The van der Waals surface area contributed by atoms with Crippen LogP contribution >= 0.6 is 23.2 Å². The predicted molar refractivity (Wildman–Crippen MR) is 69.3 cm³/mol. The molecule has 6 heteroatoms. The van der Waals surface area contributed by atoms with Gasteiger partial charge in [-0.15, -0.1) is 0 Å². The zero-order valence-corrected chi connectivity index (χ0v) is 10.4. The quantitative estimate of drug-likeness (QED) is 0.683. The summed E-state index contributed by atoms with van der Waals surface area (Å²) in [5, 5.41) is 0.542. The predicted octanol–water partition coefficient (Wildman–Crippen LogP) is 4.07. The number of hydrogen-bond acceptors (Lipinski definition) is 2. The first kappa shape index (κ1) is 11.4. The molecule has 0 spiro atoms. The van der Waals surface area contributed by atoms with Crippen molar-refractivity contribution in [1.29, 1.82) is 0 Å². The molecule has 3 nitrogen and oxygen atoms in total. The van der Waals surface area contributed by atoms with Crippen molar-refractivity contribution in [2.75, 3.05) is 0 Å². The van der Waals surface area contributed by atoms with Gasteiger partial charge in [-0.05, 0) is 18.2 Å². The molecule has 0 saturated carbocycles. The maximum Gasteiger partial charge on any atom is 0.179 e. The lowest BCUT2D eigenvalue weighted by Crippen LogP contribution is -1.81. The molecule has 2 aromatic heterocycles. The molecule has 3 aromatic rings. The van der Waals surface area contributed by atoms with Crippen molar-refractivity contribution >= 4 is 34.4 Å². The molecule has 0 unspecified atom stereocenters. The van der Waals surface area contributed by atoms with Gasteiger partial charge in [0.25, 0.3) is 0 Å². The summed E-state index contributed by atoms with van der Waals surface area (Å²) in [6, 6.07) is 7.77. The van der Waals surface area contributed by atoms with Crippen LogP contribution < -0.4 is 0 Å². The Bertz CT molecular complexity index is 700. The third kappa shape index (κ3) is 1.94. The molecule has 18 heavy (non-hydrogen) atoms. The van der Waals surface area contributed by atoms with Crippen LogP contribution in [0.2, 0.25) is 10.2 Å². The van der Waals surface area contributed by atoms with E-state index in [-0.39, 0.29) is 11.0 Å². The monoisotopic (exact) mass is 281 g/mol. The van der Waals surface area contributed by atoms with E-state index >= 15 is 0 Å². The van der Waals surface area contributed by atoms with Crippen LogP contribution in [0.25, 0.3) is 22.6 Å². The van der Waals surface area contributed by atoms with E-state index in [1.54, 1.807) is 18.2 Å². The molecule has 2 heterocycles. The van der Waals surface area contributed by atoms with Gasteiger partial charge in [0.15, 0.2) is 5.65 Å². The first-order valence-corrected chi connectivity index (χ1v) is 5.87. The van der Waals surface area contributed by atoms with E-state index < -0.39 is 0 Å². The van der Waals surface area contributed by atoms with Crippen LogP contribution in [-0.2, 0) is 0 Å². The molecule has 0 aliphatic carbocycles. The molecule has 0 radical (unpaired) electrons. The largest absolute Gasteiger partial charge is 0.337 e. The molecular formula is C12H6Cl2FN3. The molecule has 0 fully saturated rings. The zero-order chi connectivity index (χ0) is 12.7. The second-order valence-corrected chi connectivity index (χ2v) is 4.49. The van der Waals surface area contributed by atoms with Gasteiger partial charge in [-0.3, -0.25) is 0 Å². The third-order valence-corrected chi connectivity index (χ3v) is 3.15. The van der Waals surface area contributed by atoms with Gasteiger partial charge in [0.2, 0.25) is 0 Å². The smallest absolute Gasteiger partial charge is 0.179 e. The molecule has 0 aliphatic rings. The Balaban J connectivity index is 2.19. The Morgan fingerprint density at radius 2 is 1.94 bits per heavy atom. The topological polar surface area (TPSA) is 41.6 Å². The summed E-state index contributed by atoms with van der Waals surface area (Å²) in [6.07, 6.45) is 0. The fraction of sp³-hybridized carbons (Fsp3) is 0. The number of halogens is 3. The highest BCUT2D eigenvalue weighted by atomic mass is 35.5. The third-order valence-electron chi connectivity index (χ3n) is 2.48. The van der Waals surface area contributed by atoms with Crippen LogP contribution in [0.3, 0.4) is 0 Å². The highest BCUT2D eigenvalue weighted by Crippen LogP contribution is 2.26. The number of hydrogen-bond donors (Lipinski definition) is 1. The molecule has 0 bridgehead atoms. The second-order valence-electron chi connectivity index (χ2n) is 3.73. The Morgan fingerprint density at radius 1 is 1.11 bits per heavy atom. The lowest BCUT2D eigenvalue weighted by Gasteiger charge is -1.95. The van der Waals surface area contributed by atoms with Crippen molar-refractivity contribution in [1.82, 2.24) is 15.0 Å². The number of rotatable bonds is 1. The maximum absolute atomic E-state index is 13.1. The number of pyridine rings is 1. The molecule has 1 aromatic carbocycles. The van der Waals surface area contributed by atoms with E-state index in [2.05, 4.69) is 15.0 Å².